The zero-order chi connectivity index (χ0) is 12.5. The monoisotopic (exact) mass is 240 g/mol. The molecule has 0 unspecified atom stereocenters. The van der Waals surface area contributed by atoms with E-state index in [-0.39, 0.29) is 5.95 Å². The lowest BCUT2D eigenvalue weighted by Crippen LogP contribution is -2.08. The molecule has 1 saturated carbocycles. The number of hydrogen-bond acceptors (Lipinski definition) is 4. The molecule has 0 aliphatic heterocycles. The molecule has 92 valence electrons. The van der Waals surface area contributed by atoms with Crippen LogP contribution in [0.2, 0.25) is 0 Å². The third kappa shape index (κ3) is 2.01. The zero-order valence-electron chi connectivity index (χ0n) is 10.1. The van der Waals surface area contributed by atoms with E-state index < -0.39 is 0 Å². The van der Waals surface area contributed by atoms with Gasteiger partial charge in [-0.1, -0.05) is 24.6 Å². The highest BCUT2D eigenvalue weighted by Crippen LogP contribution is 2.37. The molecule has 0 saturated heterocycles. The minimum atomic E-state index is 0.221. The van der Waals surface area contributed by atoms with E-state index in [2.05, 4.69) is 28.2 Å². The molecule has 0 spiro atoms. The van der Waals surface area contributed by atoms with Crippen molar-refractivity contribution >= 4 is 11.8 Å². The molecule has 3 rings (SSSR count). The largest absolute Gasteiger partial charge is 0.384 e. The third-order valence-electron chi connectivity index (χ3n) is 3.52. The Morgan fingerprint density at radius 1 is 1.06 bits per heavy atom. The van der Waals surface area contributed by atoms with Gasteiger partial charge in [0.2, 0.25) is 5.95 Å². The maximum Gasteiger partial charge on any atom is 0.222 e. The molecule has 2 aromatic rings. The van der Waals surface area contributed by atoms with Crippen LogP contribution in [0.5, 0.6) is 0 Å². The minimum Gasteiger partial charge on any atom is -0.384 e. The second-order valence-electron chi connectivity index (χ2n) is 4.79. The Bertz CT molecular complexity index is 556. The van der Waals surface area contributed by atoms with Crippen LogP contribution in [0, 0.1) is 0 Å². The van der Waals surface area contributed by atoms with Gasteiger partial charge in [-0.25, -0.2) is 4.98 Å². The number of nitrogen functional groups attached to an aromatic ring is 2. The summed E-state index contributed by atoms with van der Waals surface area (Å²) >= 11 is 0. The number of nitrogens with two attached hydrogens (primary N) is 2. The van der Waals surface area contributed by atoms with E-state index in [4.69, 9.17) is 11.5 Å². The number of nitrogens with zero attached hydrogens (tertiary/aromatic N) is 2. The molecule has 0 radical (unpaired) electrons. The van der Waals surface area contributed by atoms with Gasteiger partial charge in [0.15, 0.2) is 0 Å². The van der Waals surface area contributed by atoms with Gasteiger partial charge >= 0.3 is 0 Å². The Labute approximate surface area is 106 Å². The van der Waals surface area contributed by atoms with Crippen molar-refractivity contribution in [3.05, 3.63) is 35.9 Å². The van der Waals surface area contributed by atoms with Crippen molar-refractivity contribution in [3.8, 4) is 11.3 Å². The van der Waals surface area contributed by atoms with Gasteiger partial charge in [0.1, 0.15) is 5.82 Å². The number of anilines is 2. The molecular weight excluding hydrogens is 224 g/mol. The normalized spacial score (nSPS) is 15.3. The van der Waals surface area contributed by atoms with E-state index in [0.717, 1.165) is 11.3 Å². The molecule has 4 heteroatoms. The molecule has 1 aliphatic rings. The van der Waals surface area contributed by atoms with Crippen molar-refractivity contribution in [2.45, 2.75) is 25.2 Å². The average Bonchev–Trinajstić information content (AvgIpc) is 2.26. The van der Waals surface area contributed by atoms with Crippen molar-refractivity contribution in [3.63, 3.8) is 0 Å². The molecule has 1 aromatic heterocycles. The highest BCUT2D eigenvalue weighted by molar-refractivity contribution is 5.64. The topological polar surface area (TPSA) is 77.8 Å². The first-order valence-electron chi connectivity index (χ1n) is 6.23. The Kier molecular flexibility index (Phi) is 2.63. The molecule has 1 aromatic carbocycles. The summed E-state index contributed by atoms with van der Waals surface area (Å²) in [6, 6.07) is 10.2. The number of rotatable bonds is 2. The predicted molar refractivity (Wildman–Crippen MR) is 72.9 cm³/mol. The third-order valence-corrected chi connectivity index (χ3v) is 3.52. The summed E-state index contributed by atoms with van der Waals surface area (Å²) in [5.41, 5.74) is 14.6. The van der Waals surface area contributed by atoms with Gasteiger partial charge in [0, 0.05) is 11.6 Å². The molecule has 0 bridgehead atoms. The molecule has 1 aliphatic carbocycles. The van der Waals surface area contributed by atoms with Gasteiger partial charge in [-0.3, -0.25) is 0 Å². The van der Waals surface area contributed by atoms with Crippen LogP contribution in [0.4, 0.5) is 11.8 Å². The highest BCUT2D eigenvalue weighted by Gasteiger charge is 2.19. The van der Waals surface area contributed by atoms with Crippen LogP contribution in [0.3, 0.4) is 0 Å². The Hall–Kier alpha value is -2.10. The summed E-state index contributed by atoms with van der Waals surface area (Å²) in [5, 5.41) is 0. The summed E-state index contributed by atoms with van der Waals surface area (Å²) in [4.78, 5) is 8.12. The van der Waals surface area contributed by atoms with Crippen LogP contribution in [0.1, 0.15) is 30.7 Å². The van der Waals surface area contributed by atoms with Gasteiger partial charge in [-0.05, 0) is 30.4 Å². The molecular formula is C14H16N4. The molecule has 1 fully saturated rings. The van der Waals surface area contributed by atoms with Crippen LogP contribution >= 0.6 is 0 Å². The zero-order valence-corrected chi connectivity index (χ0v) is 10.1. The molecule has 4 nitrogen and oxygen atoms in total. The summed E-state index contributed by atoms with van der Waals surface area (Å²) < 4.78 is 0. The fourth-order valence-corrected chi connectivity index (χ4v) is 2.33. The molecule has 1 heterocycles. The molecule has 0 atom stereocenters. The molecule has 4 N–H and O–H groups in total. The van der Waals surface area contributed by atoms with Crippen molar-refractivity contribution in [2.24, 2.45) is 0 Å². The van der Waals surface area contributed by atoms with E-state index in [9.17, 15) is 0 Å². The van der Waals surface area contributed by atoms with E-state index in [1.807, 2.05) is 6.07 Å². The smallest absolute Gasteiger partial charge is 0.222 e. The fraction of sp³-hybridized carbons (Fsp3) is 0.286. The summed E-state index contributed by atoms with van der Waals surface area (Å²) in [6.07, 6.45) is 3.91. The second kappa shape index (κ2) is 4.29. The summed E-state index contributed by atoms with van der Waals surface area (Å²) in [7, 11) is 0. The second-order valence-corrected chi connectivity index (χ2v) is 4.79. The fourth-order valence-electron chi connectivity index (χ4n) is 2.33. The number of hydrogen-bond donors (Lipinski definition) is 2. The number of benzene rings is 1. The number of aromatic nitrogens is 2. The molecule has 18 heavy (non-hydrogen) atoms. The predicted octanol–water partition coefficient (Wildman–Crippen LogP) is 2.58. The lowest BCUT2D eigenvalue weighted by molar-refractivity contribution is 0.420. The van der Waals surface area contributed by atoms with Gasteiger partial charge in [-0.2, -0.15) is 4.98 Å². The van der Waals surface area contributed by atoms with Gasteiger partial charge in [-0.15, -0.1) is 0 Å². The van der Waals surface area contributed by atoms with Crippen LogP contribution in [0.15, 0.2) is 30.3 Å². The van der Waals surface area contributed by atoms with Crippen molar-refractivity contribution in [1.29, 1.82) is 0 Å². The maximum atomic E-state index is 5.70. The quantitative estimate of drug-likeness (QED) is 0.845. The van der Waals surface area contributed by atoms with Crippen molar-refractivity contribution in [1.82, 2.24) is 9.97 Å². The van der Waals surface area contributed by atoms with Gasteiger partial charge < -0.3 is 11.5 Å². The van der Waals surface area contributed by atoms with E-state index in [0.29, 0.717) is 11.7 Å². The van der Waals surface area contributed by atoms with E-state index >= 15 is 0 Å². The summed E-state index contributed by atoms with van der Waals surface area (Å²) in [6.45, 7) is 0. The van der Waals surface area contributed by atoms with E-state index in [1.165, 1.54) is 24.8 Å². The lowest BCUT2D eigenvalue weighted by Gasteiger charge is -2.26. The Morgan fingerprint density at radius 3 is 2.56 bits per heavy atom. The van der Waals surface area contributed by atoms with Crippen molar-refractivity contribution < 1.29 is 0 Å². The van der Waals surface area contributed by atoms with Crippen LogP contribution in [-0.4, -0.2) is 9.97 Å². The van der Waals surface area contributed by atoms with Crippen LogP contribution in [-0.2, 0) is 0 Å². The lowest BCUT2D eigenvalue weighted by atomic mass is 9.79. The summed E-state index contributed by atoms with van der Waals surface area (Å²) in [5.74, 6) is 1.34. The molecule has 0 amide bonds. The average molecular weight is 240 g/mol. The highest BCUT2D eigenvalue weighted by atomic mass is 15.0. The first-order valence-corrected chi connectivity index (χ1v) is 6.23. The first-order chi connectivity index (χ1) is 8.72. The van der Waals surface area contributed by atoms with Crippen LogP contribution < -0.4 is 11.5 Å². The van der Waals surface area contributed by atoms with Gasteiger partial charge in [0.25, 0.3) is 0 Å². The first kappa shape index (κ1) is 11.0. The SMILES string of the molecule is Nc1cc(-c2cccc(C3CCC3)c2)nc(N)n1. The maximum absolute atomic E-state index is 5.70. The van der Waals surface area contributed by atoms with Gasteiger partial charge in [0.05, 0.1) is 5.69 Å². The minimum absolute atomic E-state index is 0.221. The Morgan fingerprint density at radius 2 is 1.89 bits per heavy atom. The van der Waals surface area contributed by atoms with Crippen molar-refractivity contribution in [2.75, 3.05) is 11.5 Å². The standard InChI is InChI=1S/C14H16N4/c15-13-8-12(17-14(16)18-13)11-6-2-5-10(7-11)9-3-1-4-9/h2,5-9H,1,3-4H2,(H4,15,16,17,18). The Balaban J connectivity index is 2.00. The van der Waals surface area contributed by atoms with Crippen LogP contribution in [0.25, 0.3) is 11.3 Å². The van der Waals surface area contributed by atoms with E-state index in [1.54, 1.807) is 6.07 Å².